The van der Waals surface area contributed by atoms with E-state index >= 15 is 0 Å². The highest BCUT2D eigenvalue weighted by Crippen LogP contribution is 2.32. The summed E-state index contributed by atoms with van der Waals surface area (Å²) in [6.07, 6.45) is -4.38. The number of aliphatic hydroxyl groups excluding tert-OH is 1. The molecule has 4 N–H and O–H groups in total. The lowest BCUT2D eigenvalue weighted by atomic mass is 10.1. The van der Waals surface area contributed by atoms with E-state index in [-0.39, 0.29) is 18.2 Å². The molecule has 0 aliphatic heterocycles. The summed E-state index contributed by atoms with van der Waals surface area (Å²) in [7, 11) is 0. The highest BCUT2D eigenvalue weighted by atomic mass is 19.4. The number of nitrogens with two attached hydrogens (primary N) is 1. The van der Waals surface area contributed by atoms with Gasteiger partial charge >= 0.3 is 6.18 Å². The third-order valence-corrected chi connectivity index (χ3v) is 2.33. The predicted molar refractivity (Wildman–Crippen MR) is 60.6 cm³/mol. The Morgan fingerprint density at radius 3 is 2.53 bits per heavy atom. The number of anilines is 2. The summed E-state index contributed by atoms with van der Waals surface area (Å²) in [6.45, 7) is 2.27. The molecule has 0 saturated heterocycles. The molecule has 0 aliphatic carbocycles. The summed E-state index contributed by atoms with van der Waals surface area (Å²) in [5.41, 5.74) is 5.24. The third-order valence-electron chi connectivity index (χ3n) is 2.33. The molecule has 0 fully saturated rings. The summed E-state index contributed by atoms with van der Waals surface area (Å²) in [5, 5.41) is 11.7. The minimum absolute atomic E-state index is 0.00748. The summed E-state index contributed by atoms with van der Waals surface area (Å²) in [4.78, 5) is 0. The molecule has 6 heteroatoms. The number of nitrogen functional groups attached to an aromatic ring is 1. The van der Waals surface area contributed by atoms with Crippen LogP contribution in [0.3, 0.4) is 0 Å². The van der Waals surface area contributed by atoms with Crippen LogP contribution in [0.5, 0.6) is 0 Å². The molecule has 0 spiro atoms. The minimum Gasteiger partial charge on any atom is -0.397 e. The van der Waals surface area contributed by atoms with E-state index in [1.807, 2.05) is 6.92 Å². The zero-order valence-corrected chi connectivity index (χ0v) is 9.38. The van der Waals surface area contributed by atoms with E-state index in [0.717, 1.165) is 12.1 Å². The zero-order chi connectivity index (χ0) is 13.1. The first-order chi connectivity index (χ1) is 7.84. The molecule has 0 radical (unpaired) electrons. The van der Waals surface area contributed by atoms with Crippen LogP contribution in [-0.2, 0) is 6.18 Å². The number of benzene rings is 1. The van der Waals surface area contributed by atoms with Crippen LogP contribution in [0.15, 0.2) is 18.2 Å². The van der Waals surface area contributed by atoms with Crippen molar-refractivity contribution in [2.75, 3.05) is 24.2 Å². The molecule has 1 aromatic rings. The average Bonchev–Trinajstić information content (AvgIpc) is 2.25. The molecule has 0 amide bonds. The van der Waals surface area contributed by atoms with Gasteiger partial charge < -0.3 is 16.2 Å². The Bertz CT molecular complexity index is 379. The molecule has 0 bridgehead atoms. The van der Waals surface area contributed by atoms with Crippen molar-refractivity contribution in [3.05, 3.63) is 23.8 Å². The van der Waals surface area contributed by atoms with Crippen molar-refractivity contribution < 1.29 is 18.3 Å². The van der Waals surface area contributed by atoms with Gasteiger partial charge in [0, 0.05) is 13.2 Å². The SMILES string of the molecule is CC(CO)CNc1ccc(C(F)(F)F)cc1N. The van der Waals surface area contributed by atoms with E-state index in [2.05, 4.69) is 5.32 Å². The molecule has 0 aliphatic rings. The molecule has 0 saturated carbocycles. The van der Waals surface area contributed by atoms with Gasteiger partial charge in [0.25, 0.3) is 0 Å². The maximum atomic E-state index is 12.4. The molecule has 1 atom stereocenters. The Hall–Kier alpha value is -1.43. The number of hydrogen-bond acceptors (Lipinski definition) is 3. The first-order valence-corrected chi connectivity index (χ1v) is 5.16. The molecule has 1 rings (SSSR count). The van der Waals surface area contributed by atoms with E-state index in [1.165, 1.54) is 6.07 Å². The lowest BCUT2D eigenvalue weighted by molar-refractivity contribution is -0.137. The van der Waals surface area contributed by atoms with Crippen LogP contribution in [0.1, 0.15) is 12.5 Å². The van der Waals surface area contributed by atoms with Gasteiger partial charge in [0.1, 0.15) is 0 Å². The van der Waals surface area contributed by atoms with Gasteiger partial charge in [0.2, 0.25) is 0 Å². The van der Waals surface area contributed by atoms with Crippen LogP contribution in [0, 0.1) is 5.92 Å². The Morgan fingerprint density at radius 2 is 2.06 bits per heavy atom. The Labute approximate surface area is 97.4 Å². The number of halogens is 3. The second-order valence-corrected chi connectivity index (χ2v) is 3.97. The number of alkyl halides is 3. The molecule has 1 unspecified atom stereocenters. The minimum atomic E-state index is -4.38. The topological polar surface area (TPSA) is 58.3 Å². The maximum absolute atomic E-state index is 12.4. The fourth-order valence-electron chi connectivity index (χ4n) is 1.25. The van der Waals surface area contributed by atoms with Crippen molar-refractivity contribution in [2.45, 2.75) is 13.1 Å². The van der Waals surface area contributed by atoms with Gasteiger partial charge in [0.05, 0.1) is 16.9 Å². The molecular formula is C11H15F3N2O. The van der Waals surface area contributed by atoms with Crippen LogP contribution in [0.2, 0.25) is 0 Å². The highest BCUT2D eigenvalue weighted by molar-refractivity contribution is 5.67. The maximum Gasteiger partial charge on any atom is 0.416 e. The molecule has 3 nitrogen and oxygen atoms in total. The summed E-state index contributed by atoms with van der Waals surface area (Å²) < 4.78 is 37.1. The molecule has 17 heavy (non-hydrogen) atoms. The zero-order valence-electron chi connectivity index (χ0n) is 9.38. The quantitative estimate of drug-likeness (QED) is 0.717. The standard InChI is InChI=1S/C11H15F3N2O/c1-7(6-17)5-16-10-3-2-8(4-9(10)15)11(12,13)14/h2-4,7,16-17H,5-6,15H2,1H3. The van der Waals surface area contributed by atoms with Crippen molar-refractivity contribution in [1.29, 1.82) is 0 Å². The van der Waals surface area contributed by atoms with E-state index in [0.29, 0.717) is 12.2 Å². The molecule has 0 heterocycles. The monoisotopic (exact) mass is 248 g/mol. The first kappa shape index (κ1) is 13.6. The third kappa shape index (κ3) is 3.81. The Kier molecular flexibility index (Phi) is 4.22. The molecule has 0 aromatic heterocycles. The van der Waals surface area contributed by atoms with Crippen LogP contribution < -0.4 is 11.1 Å². The van der Waals surface area contributed by atoms with Gasteiger partial charge in [0.15, 0.2) is 0 Å². The van der Waals surface area contributed by atoms with Gasteiger partial charge in [-0.3, -0.25) is 0 Å². The Balaban J connectivity index is 2.77. The smallest absolute Gasteiger partial charge is 0.397 e. The van der Waals surface area contributed by atoms with Crippen molar-refractivity contribution >= 4 is 11.4 Å². The van der Waals surface area contributed by atoms with E-state index in [9.17, 15) is 13.2 Å². The molecule has 1 aromatic carbocycles. The fourth-order valence-corrected chi connectivity index (χ4v) is 1.25. The van der Waals surface area contributed by atoms with Crippen LogP contribution in [0.25, 0.3) is 0 Å². The van der Waals surface area contributed by atoms with E-state index in [4.69, 9.17) is 10.8 Å². The highest BCUT2D eigenvalue weighted by Gasteiger charge is 2.30. The van der Waals surface area contributed by atoms with Gasteiger partial charge in [-0.2, -0.15) is 13.2 Å². The number of hydrogen-bond donors (Lipinski definition) is 3. The van der Waals surface area contributed by atoms with E-state index < -0.39 is 11.7 Å². The average molecular weight is 248 g/mol. The molecule has 96 valence electrons. The van der Waals surface area contributed by atoms with Gasteiger partial charge in [-0.25, -0.2) is 0 Å². The lowest BCUT2D eigenvalue weighted by Crippen LogP contribution is -2.15. The summed E-state index contributed by atoms with van der Waals surface area (Å²) in [5.74, 6) is 0.0108. The Morgan fingerprint density at radius 1 is 1.41 bits per heavy atom. The van der Waals surface area contributed by atoms with Crippen molar-refractivity contribution in [2.24, 2.45) is 5.92 Å². The largest absolute Gasteiger partial charge is 0.416 e. The van der Waals surface area contributed by atoms with Gasteiger partial charge in [-0.1, -0.05) is 6.92 Å². The van der Waals surface area contributed by atoms with Crippen LogP contribution >= 0.6 is 0 Å². The lowest BCUT2D eigenvalue weighted by Gasteiger charge is -2.14. The number of nitrogens with one attached hydrogen (secondary N) is 1. The van der Waals surface area contributed by atoms with Gasteiger partial charge in [-0.05, 0) is 24.1 Å². The summed E-state index contributed by atoms with van der Waals surface area (Å²) in [6, 6.07) is 3.16. The normalized spacial score (nSPS) is 13.5. The summed E-state index contributed by atoms with van der Waals surface area (Å²) >= 11 is 0. The second kappa shape index (κ2) is 5.27. The van der Waals surface area contributed by atoms with E-state index in [1.54, 1.807) is 0 Å². The number of rotatable bonds is 4. The van der Waals surface area contributed by atoms with Crippen LogP contribution in [0.4, 0.5) is 24.5 Å². The van der Waals surface area contributed by atoms with Crippen LogP contribution in [-0.4, -0.2) is 18.3 Å². The van der Waals surface area contributed by atoms with Gasteiger partial charge in [-0.15, -0.1) is 0 Å². The fraction of sp³-hybridized carbons (Fsp3) is 0.455. The van der Waals surface area contributed by atoms with Crippen molar-refractivity contribution in [3.63, 3.8) is 0 Å². The molecular weight excluding hydrogens is 233 g/mol. The van der Waals surface area contributed by atoms with Crippen molar-refractivity contribution in [3.8, 4) is 0 Å². The first-order valence-electron chi connectivity index (χ1n) is 5.16. The second-order valence-electron chi connectivity index (χ2n) is 3.97. The predicted octanol–water partition coefficient (Wildman–Crippen LogP) is 2.33. The van der Waals surface area contributed by atoms with Crippen molar-refractivity contribution in [1.82, 2.24) is 0 Å². The number of aliphatic hydroxyl groups is 1.